The molecule has 6 heteroatoms. The van der Waals surface area contributed by atoms with Crippen molar-refractivity contribution in [2.45, 2.75) is 58.4 Å². The van der Waals surface area contributed by atoms with Gasteiger partial charge in [0.25, 0.3) is 0 Å². The number of fused-ring (bicyclic) bond motifs is 2. The second-order valence-electron chi connectivity index (χ2n) is 9.74. The van der Waals surface area contributed by atoms with Crippen LogP contribution in [0, 0.1) is 6.92 Å². The SMILES string of the molecule is CCN1CCCC1CCCc1ccc2c(c1)CC(=O)c1c(Nc3cc(O)ccc3C)ccnc1N2. The molecule has 35 heavy (non-hydrogen) atoms. The summed E-state index contributed by atoms with van der Waals surface area (Å²) in [7, 11) is 0. The summed E-state index contributed by atoms with van der Waals surface area (Å²) in [5.74, 6) is 0.768. The Hall–Kier alpha value is -3.38. The van der Waals surface area contributed by atoms with E-state index in [2.05, 4.69) is 45.6 Å². The standard InChI is InChI=1S/C29H34N4O2/c1-3-33-15-5-8-22(33)7-4-6-20-10-12-24-21(16-20)17-27(35)28-25(13-14-30-29(28)32-24)31-26-18-23(34)11-9-19(26)2/h9-14,16,18,22,34H,3-8,15,17H2,1-2H3,(H2,30,31,32). The summed E-state index contributed by atoms with van der Waals surface area (Å²) in [6.45, 7) is 6.61. The maximum absolute atomic E-state index is 13.4. The Balaban J connectivity index is 1.33. The zero-order chi connectivity index (χ0) is 24.4. The first-order valence-electron chi connectivity index (χ1n) is 12.7. The smallest absolute Gasteiger partial charge is 0.173 e. The number of aromatic hydroxyl groups is 1. The molecule has 1 fully saturated rings. The maximum Gasteiger partial charge on any atom is 0.173 e. The van der Waals surface area contributed by atoms with Crippen molar-refractivity contribution >= 4 is 28.7 Å². The highest BCUT2D eigenvalue weighted by atomic mass is 16.3. The first-order valence-corrected chi connectivity index (χ1v) is 12.7. The Bertz CT molecular complexity index is 1240. The first kappa shape index (κ1) is 23.4. The molecule has 0 saturated carbocycles. The van der Waals surface area contributed by atoms with Crippen molar-refractivity contribution in [1.82, 2.24) is 9.88 Å². The molecule has 182 valence electrons. The van der Waals surface area contributed by atoms with Gasteiger partial charge in [0.1, 0.15) is 11.6 Å². The predicted molar refractivity (Wildman–Crippen MR) is 141 cm³/mol. The fourth-order valence-corrected chi connectivity index (χ4v) is 5.47. The van der Waals surface area contributed by atoms with Gasteiger partial charge in [0.15, 0.2) is 5.78 Å². The van der Waals surface area contributed by atoms with Crippen LogP contribution in [0.25, 0.3) is 0 Å². The number of pyridine rings is 1. The molecule has 3 heterocycles. The molecule has 0 bridgehead atoms. The highest BCUT2D eigenvalue weighted by molar-refractivity contribution is 6.09. The van der Waals surface area contributed by atoms with Crippen LogP contribution in [-0.4, -0.2) is 39.9 Å². The quantitative estimate of drug-likeness (QED) is 0.386. The molecule has 5 rings (SSSR count). The molecule has 0 amide bonds. The number of ketones is 1. The van der Waals surface area contributed by atoms with Crippen molar-refractivity contribution in [2.24, 2.45) is 0 Å². The molecule has 2 aliphatic rings. The summed E-state index contributed by atoms with van der Waals surface area (Å²) < 4.78 is 0. The van der Waals surface area contributed by atoms with Crippen LogP contribution < -0.4 is 10.6 Å². The van der Waals surface area contributed by atoms with Gasteiger partial charge in [-0.1, -0.05) is 25.1 Å². The summed E-state index contributed by atoms with van der Waals surface area (Å²) in [5, 5.41) is 16.6. The second kappa shape index (κ2) is 10.1. The average molecular weight is 471 g/mol. The third kappa shape index (κ3) is 5.03. The van der Waals surface area contributed by atoms with E-state index in [0.29, 0.717) is 23.5 Å². The summed E-state index contributed by atoms with van der Waals surface area (Å²) in [6, 6.07) is 14.2. The van der Waals surface area contributed by atoms with Gasteiger partial charge < -0.3 is 20.6 Å². The Morgan fingerprint density at radius 3 is 2.91 bits per heavy atom. The number of carbonyl (C=O) groups excluding carboxylic acids is 1. The molecule has 1 unspecified atom stereocenters. The number of hydrogen-bond donors (Lipinski definition) is 3. The number of nitrogens with zero attached hydrogens (tertiary/aromatic N) is 2. The van der Waals surface area contributed by atoms with Crippen molar-refractivity contribution in [1.29, 1.82) is 0 Å². The number of rotatable bonds is 7. The highest BCUT2D eigenvalue weighted by Crippen LogP contribution is 2.35. The van der Waals surface area contributed by atoms with Gasteiger partial charge in [-0.3, -0.25) is 4.79 Å². The van der Waals surface area contributed by atoms with E-state index in [1.165, 1.54) is 37.8 Å². The molecule has 2 aliphatic heterocycles. The van der Waals surface area contributed by atoms with Gasteiger partial charge >= 0.3 is 0 Å². The van der Waals surface area contributed by atoms with E-state index in [4.69, 9.17) is 0 Å². The Morgan fingerprint density at radius 1 is 1.17 bits per heavy atom. The molecule has 2 aromatic carbocycles. The van der Waals surface area contributed by atoms with Crippen LogP contribution in [0.4, 0.5) is 22.9 Å². The van der Waals surface area contributed by atoms with Gasteiger partial charge in [0, 0.05) is 36.1 Å². The van der Waals surface area contributed by atoms with E-state index < -0.39 is 0 Å². The molecule has 0 radical (unpaired) electrons. The number of nitrogens with one attached hydrogen (secondary N) is 2. The Kier molecular flexibility index (Phi) is 6.73. The number of phenols is 1. The molecule has 0 spiro atoms. The lowest BCUT2D eigenvalue weighted by Gasteiger charge is -2.22. The normalized spacial score (nSPS) is 17.4. The summed E-state index contributed by atoms with van der Waals surface area (Å²) >= 11 is 0. The van der Waals surface area contributed by atoms with Crippen LogP contribution in [0.15, 0.2) is 48.7 Å². The van der Waals surface area contributed by atoms with E-state index >= 15 is 0 Å². The molecular weight excluding hydrogens is 436 g/mol. The van der Waals surface area contributed by atoms with Gasteiger partial charge in [-0.25, -0.2) is 4.98 Å². The molecule has 3 aromatic rings. The third-order valence-electron chi connectivity index (χ3n) is 7.40. The summed E-state index contributed by atoms with van der Waals surface area (Å²) in [4.78, 5) is 20.5. The van der Waals surface area contributed by atoms with Crippen molar-refractivity contribution < 1.29 is 9.90 Å². The summed E-state index contributed by atoms with van der Waals surface area (Å²) in [5.41, 5.74) is 6.22. The first-order chi connectivity index (χ1) is 17.0. The van der Waals surface area contributed by atoms with Gasteiger partial charge in [-0.05, 0) is 87.0 Å². The third-order valence-corrected chi connectivity index (χ3v) is 7.40. The molecule has 3 N–H and O–H groups in total. The summed E-state index contributed by atoms with van der Waals surface area (Å²) in [6.07, 6.45) is 8.10. The Morgan fingerprint density at radius 2 is 2.06 bits per heavy atom. The number of phenolic OH excluding ortho intramolecular Hbond substituents is 1. The van der Waals surface area contributed by atoms with Gasteiger partial charge in [0.05, 0.1) is 11.3 Å². The Labute approximate surface area is 207 Å². The lowest BCUT2D eigenvalue weighted by Crippen LogP contribution is -2.28. The van der Waals surface area contributed by atoms with Crippen LogP contribution in [0.3, 0.4) is 0 Å². The van der Waals surface area contributed by atoms with Crippen LogP contribution >= 0.6 is 0 Å². The number of aromatic nitrogens is 1. The topological polar surface area (TPSA) is 77.5 Å². The lowest BCUT2D eigenvalue weighted by molar-refractivity contribution is 0.0995. The highest BCUT2D eigenvalue weighted by Gasteiger charge is 2.25. The maximum atomic E-state index is 13.4. The number of aryl methyl sites for hydroxylation is 2. The van der Waals surface area contributed by atoms with Crippen LogP contribution in [-0.2, 0) is 12.8 Å². The molecule has 1 atom stereocenters. The van der Waals surface area contributed by atoms with E-state index in [1.807, 2.05) is 19.1 Å². The zero-order valence-electron chi connectivity index (χ0n) is 20.6. The minimum absolute atomic E-state index is 0.0290. The largest absolute Gasteiger partial charge is 0.508 e. The number of likely N-dealkylation sites (tertiary alicyclic amines) is 1. The van der Waals surface area contributed by atoms with E-state index in [1.54, 1.807) is 18.3 Å². The number of Topliss-reactive ketones (excluding diaryl/α,β-unsaturated/α-hetero) is 1. The van der Waals surface area contributed by atoms with Crippen LogP contribution in [0.2, 0.25) is 0 Å². The minimum Gasteiger partial charge on any atom is -0.508 e. The molecule has 6 nitrogen and oxygen atoms in total. The fraction of sp³-hybridized carbons (Fsp3) is 0.379. The fourth-order valence-electron chi connectivity index (χ4n) is 5.47. The van der Waals surface area contributed by atoms with E-state index in [-0.39, 0.29) is 11.5 Å². The molecule has 1 aromatic heterocycles. The van der Waals surface area contributed by atoms with Crippen molar-refractivity contribution in [3.63, 3.8) is 0 Å². The van der Waals surface area contributed by atoms with E-state index in [9.17, 15) is 9.90 Å². The molecule has 0 aliphatic carbocycles. The lowest BCUT2D eigenvalue weighted by atomic mass is 9.98. The van der Waals surface area contributed by atoms with Crippen molar-refractivity contribution in [3.05, 3.63) is 70.9 Å². The zero-order valence-corrected chi connectivity index (χ0v) is 20.6. The minimum atomic E-state index is 0.0290. The van der Waals surface area contributed by atoms with E-state index in [0.717, 1.165) is 41.5 Å². The second-order valence-corrected chi connectivity index (χ2v) is 9.74. The predicted octanol–water partition coefficient (Wildman–Crippen LogP) is 6.13. The number of benzene rings is 2. The number of hydrogen-bond acceptors (Lipinski definition) is 6. The molecule has 1 saturated heterocycles. The van der Waals surface area contributed by atoms with Crippen LogP contribution in [0.1, 0.15) is 59.7 Å². The van der Waals surface area contributed by atoms with Crippen molar-refractivity contribution in [3.8, 4) is 5.75 Å². The number of carbonyl (C=O) groups is 1. The van der Waals surface area contributed by atoms with Crippen LogP contribution in [0.5, 0.6) is 5.75 Å². The number of anilines is 4. The van der Waals surface area contributed by atoms with Gasteiger partial charge in [-0.15, -0.1) is 0 Å². The van der Waals surface area contributed by atoms with Gasteiger partial charge in [-0.2, -0.15) is 0 Å². The van der Waals surface area contributed by atoms with Gasteiger partial charge in [0.2, 0.25) is 0 Å². The molecular formula is C29H34N4O2. The monoisotopic (exact) mass is 470 g/mol. The average Bonchev–Trinajstić information content (AvgIpc) is 3.24. The van der Waals surface area contributed by atoms with Crippen molar-refractivity contribution in [2.75, 3.05) is 23.7 Å².